The Kier molecular flexibility index (Phi) is 2.22. The van der Waals surface area contributed by atoms with Crippen molar-refractivity contribution in [2.45, 2.75) is 37.9 Å². The number of carboxylic acids is 1. The van der Waals surface area contributed by atoms with Crippen LogP contribution in [-0.4, -0.2) is 38.0 Å². The SMILES string of the molecule is Cn1ncnc1CC1(C(=O)O)CC2CCC1O2. The Hall–Kier alpha value is -1.43. The Morgan fingerprint density at radius 3 is 3.00 bits per heavy atom. The van der Waals surface area contributed by atoms with Crippen LogP contribution in [0.4, 0.5) is 0 Å². The molecule has 1 aromatic rings. The summed E-state index contributed by atoms with van der Waals surface area (Å²) >= 11 is 0. The van der Waals surface area contributed by atoms with Crippen molar-refractivity contribution in [1.29, 1.82) is 0 Å². The Bertz CT molecular complexity index is 459. The van der Waals surface area contributed by atoms with E-state index in [1.165, 1.54) is 6.33 Å². The smallest absolute Gasteiger partial charge is 0.312 e. The lowest BCUT2D eigenvalue weighted by Gasteiger charge is -2.30. The molecule has 2 saturated heterocycles. The van der Waals surface area contributed by atoms with E-state index in [1.54, 1.807) is 11.7 Å². The molecule has 92 valence electrons. The molecule has 3 atom stereocenters. The summed E-state index contributed by atoms with van der Waals surface area (Å²) in [4.78, 5) is 15.7. The maximum atomic E-state index is 11.6. The zero-order valence-corrected chi connectivity index (χ0v) is 9.67. The molecule has 2 fully saturated rings. The standard InChI is InChI=1S/C11H15N3O3/c1-14-9(12-6-13-14)5-11(10(15)16)4-7-2-3-8(11)17-7/h6-8H,2-5H2,1H3,(H,15,16). The first kappa shape index (κ1) is 10.7. The summed E-state index contributed by atoms with van der Waals surface area (Å²) in [5, 5.41) is 13.5. The Balaban J connectivity index is 1.92. The summed E-state index contributed by atoms with van der Waals surface area (Å²) in [7, 11) is 1.78. The van der Waals surface area contributed by atoms with E-state index < -0.39 is 11.4 Å². The number of ether oxygens (including phenoxy) is 1. The zero-order chi connectivity index (χ0) is 12.0. The fourth-order valence-electron chi connectivity index (χ4n) is 3.05. The normalized spacial score (nSPS) is 35.4. The number of rotatable bonds is 3. The minimum Gasteiger partial charge on any atom is -0.481 e. The van der Waals surface area contributed by atoms with E-state index in [4.69, 9.17) is 4.74 Å². The highest BCUT2D eigenvalue weighted by Crippen LogP contribution is 2.49. The monoisotopic (exact) mass is 237 g/mol. The quantitative estimate of drug-likeness (QED) is 0.822. The van der Waals surface area contributed by atoms with E-state index in [0.717, 1.165) is 12.8 Å². The number of hydrogen-bond donors (Lipinski definition) is 1. The molecule has 2 bridgehead atoms. The van der Waals surface area contributed by atoms with Gasteiger partial charge in [0.1, 0.15) is 17.6 Å². The van der Waals surface area contributed by atoms with Gasteiger partial charge < -0.3 is 9.84 Å². The summed E-state index contributed by atoms with van der Waals surface area (Å²) in [6, 6.07) is 0. The summed E-state index contributed by atoms with van der Waals surface area (Å²) in [6.07, 6.45) is 4.23. The molecule has 0 amide bonds. The molecule has 0 spiro atoms. The molecule has 2 aliphatic rings. The maximum absolute atomic E-state index is 11.6. The fourth-order valence-corrected chi connectivity index (χ4v) is 3.05. The summed E-state index contributed by atoms with van der Waals surface area (Å²) in [5.41, 5.74) is -0.802. The lowest BCUT2D eigenvalue weighted by molar-refractivity contribution is -0.152. The van der Waals surface area contributed by atoms with Gasteiger partial charge in [-0.2, -0.15) is 5.10 Å². The molecular formula is C11H15N3O3. The molecule has 0 saturated carbocycles. The van der Waals surface area contributed by atoms with E-state index >= 15 is 0 Å². The molecular weight excluding hydrogens is 222 g/mol. The second kappa shape index (κ2) is 3.53. The van der Waals surface area contributed by atoms with E-state index in [-0.39, 0.29) is 12.2 Å². The first-order valence-electron chi connectivity index (χ1n) is 5.83. The van der Waals surface area contributed by atoms with Gasteiger partial charge in [0.25, 0.3) is 0 Å². The third-order valence-electron chi connectivity index (χ3n) is 4.02. The number of hydrogen-bond acceptors (Lipinski definition) is 4. The van der Waals surface area contributed by atoms with Gasteiger partial charge in [0, 0.05) is 13.5 Å². The van der Waals surface area contributed by atoms with Gasteiger partial charge >= 0.3 is 5.97 Å². The molecule has 3 unspecified atom stereocenters. The highest BCUT2D eigenvalue weighted by molar-refractivity contribution is 5.76. The van der Waals surface area contributed by atoms with Gasteiger partial charge in [0.2, 0.25) is 0 Å². The van der Waals surface area contributed by atoms with Gasteiger partial charge in [0.15, 0.2) is 0 Å². The molecule has 1 aromatic heterocycles. The van der Waals surface area contributed by atoms with Crippen LogP contribution in [-0.2, 0) is 23.0 Å². The average molecular weight is 237 g/mol. The molecule has 3 rings (SSSR count). The van der Waals surface area contributed by atoms with Crippen molar-refractivity contribution in [2.75, 3.05) is 0 Å². The third kappa shape index (κ3) is 1.47. The van der Waals surface area contributed by atoms with Crippen molar-refractivity contribution in [3.63, 3.8) is 0 Å². The van der Waals surface area contributed by atoms with Crippen LogP contribution in [0.1, 0.15) is 25.1 Å². The van der Waals surface area contributed by atoms with Crippen LogP contribution in [0.15, 0.2) is 6.33 Å². The minimum absolute atomic E-state index is 0.115. The molecule has 1 N–H and O–H groups in total. The van der Waals surface area contributed by atoms with Crippen LogP contribution >= 0.6 is 0 Å². The molecule has 2 aliphatic heterocycles. The van der Waals surface area contributed by atoms with Gasteiger partial charge in [0.05, 0.1) is 12.2 Å². The lowest BCUT2D eigenvalue weighted by atomic mass is 9.71. The summed E-state index contributed by atoms with van der Waals surface area (Å²) in [5.74, 6) is -0.0590. The minimum atomic E-state index is -0.802. The number of nitrogens with zero attached hydrogens (tertiary/aromatic N) is 3. The van der Waals surface area contributed by atoms with Crippen molar-refractivity contribution in [2.24, 2.45) is 12.5 Å². The van der Waals surface area contributed by atoms with Crippen LogP contribution in [0, 0.1) is 5.41 Å². The van der Waals surface area contributed by atoms with Crippen LogP contribution < -0.4 is 0 Å². The van der Waals surface area contributed by atoms with Crippen molar-refractivity contribution >= 4 is 5.97 Å². The highest BCUT2D eigenvalue weighted by Gasteiger charge is 2.57. The van der Waals surface area contributed by atoms with Crippen molar-refractivity contribution in [3.8, 4) is 0 Å². The van der Waals surface area contributed by atoms with E-state index in [1.807, 2.05) is 0 Å². The predicted molar refractivity (Wildman–Crippen MR) is 57.3 cm³/mol. The first-order valence-corrected chi connectivity index (χ1v) is 5.83. The van der Waals surface area contributed by atoms with E-state index in [2.05, 4.69) is 10.1 Å². The Labute approximate surface area is 98.6 Å². The number of aliphatic carboxylic acids is 1. The highest BCUT2D eigenvalue weighted by atomic mass is 16.5. The van der Waals surface area contributed by atoms with Gasteiger partial charge in [-0.15, -0.1) is 0 Å². The molecule has 6 heteroatoms. The van der Waals surface area contributed by atoms with Crippen LogP contribution in [0.5, 0.6) is 0 Å². The molecule has 0 aromatic carbocycles. The zero-order valence-electron chi connectivity index (χ0n) is 9.67. The largest absolute Gasteiger partial charge is 0.481 e. The van der Waals surface area contributed by atoms with Gasteiger partial charge in [-0.3, -0.25) is 9.48 Å². The van der Waals surface area contributed by atoms with Crippen LogP contribution in [0.3, 0.4) is 0 Å². The fraction of sp³-hybridized carbons (Fsp3) is 0.727. The predicted octanol–water partition coefficient (Wildman–Crippen LogP) is 0.380. The van der Waals surface area contributed by atoms with Crippen molar-refractivity contribution in [3.05, 3.63) is 12.2 Å². The van der Waals surface area contributed by atoms with Crippen molar-refractivity contribution < 1.29 is 14.6 Å². The van der Waals surface area contributed by atoms with Gasteiger partial charge in [-0.25, -0.2) is 4.98 Å². The van der Waals surface area contributed by atoms with Gasteiger partial charge in [-0.1, -0.05) is 0 Å². The second-order valence-electron chi connectivity index (χ2n) is 4.97. The van der Waals surface area contributed by atoms with E-state index in [9.17, 15) is 9.90 Å². The molecule has 6 nitrogen and oxygen atoms in total. The first-order chi connectivity index (χ1) is 8.12. The number of carbonyl (C=O) groups is 1. The molecule has 0 aliphatic carbocycles. The lowest BCUT2D eigenvalue weighted by Crippen LogP contribution is -2.42. The molecule has 17 heavy (non-hydrogen) atoms. The van der Waals surface area contributed by atoms with Crippen molar-refractivity contribution in [1.82, 2.24) is 14.8 Å². The summed E-state index contributed by atoms with van der Waals surface area (Å²) < 4.78 is 7.34. The number of aromatic nitrogens is 3. The van der Waals surface area contributed by atoms with E-state index in [0.29, 0.717) is 18.7 Å². The van der Waals surface area contributed by atoms with Crippen LogP contribution in [0.2, 0.25) is 0 Å². The second-order valence-corrected chi connectivity index (χ2v) is 4.97. The average Bonchev–Trinajstić information content (AvgIpc) is 2.96. The maximum Gasteiger partial charge on any atom is 0.312 e. The molecule has 0 radical (unpaired) electrons. The molecule has 3 heterocycles. The topological polar surface area (TPSA) is 77.2 Å². The van der Waals surface area contributed by atoms with Gasteiger partial charge in [-0.05, 0) is 19.3 Å². The Morgan fingerprint density at radius 1 is 1.71 bits per heavy atom. The van der Waals surface area contributed by atoms with Crippen LogP contribution in [0.25, 0.3) is 0 Å². The number of fused-ring (bicyclic) bond motifs is 2. The number of carboxylic acid groups (broad SMARTS) is 1. The third-order valence-corrected chi connectivity index (χ3v) is 4.02. The number of aryl methyl sites for hydroxylation is 1. The Morgan fingerprint density at radius 2 is 2.53 bits per heavy atom. The summed E-state index contributed by atoms with van der Waals surface area (Å²) in [6.45, 7) is 0.